The van der Waals surface area contributed by atoms with Crippen molar-refractivity contribution in [1.82, 2.24) is 9.38 Å². The van der Waals surface area contributed by atoms with Crippen molar-refractivity contribution in [2.45, 2.75) is 52.1 Å². The van der Waals surface area contributed by atoms with Crippen LogP contribution in [0.15, 0.2) is 79.1 Å². The Morgan fingerprint density at radius 1 is 1.05 bits per heavy atom. The third-order valence-electron chi connectivity index (χ3n) is 7.12. The zero-order valence-electron chi connectivity index (χ0n) is 24.0. The van der Waals surface area contributed by atoms with Gasteiger partial charge in [-0.3, -0.25) is 14.1 Å². The normalized spacial score (nSPS) is 14.1. The number of nitrogens with one attached hydrogen (secondary N) is 1. The van der Waals surface area contributed by atoms with E-state index in [1.807, 2.05) is 92.2 Å². The first kappa shape index (κ1) is 28.4. The van der Waals surface area contributed by atoms with E-state index < -0.39 is 5.60 Å². The quantitative estimate of drug-likeness (QED) is 0.261. The summed E-state index contributed by atoms with van der Waals surface area (Å²) in [7, 11) is 0. The third kappa shape index (κ3) is 7.32. The van der Waals surface area contributed by atoms with Gasteiger partial charge in [-0.15, -0.1) is 0 Å². The summed E-state index contributed by atoms with van der Waals surface area (Å²) in [6.07, 6.45) is 6.47. The predicted octanol–water partition coefficient (Wildman–Crippen LogP) is 6.74. The van der Waals surface area contributed by atoms with E-state index in [-0.39, 0.29) is 17.9 Å². The number of nitrogens with zero attached hydrogens (tertiary/aromatic N) is 3. The first-order valence-corrected chi connectivity index (χ1v) is 14.3. The highest BCUT2D eigenvalue weighted by Gasteiger charge is 2.24. The molecule has 0 saturated carbocycles. The van der Waals surface area contributed by atoms with Crippen molar-refractivity contribution < 1.29 is 19.1 Å². The van der Waals surface area contributed by atoms with Crippen LogP contribution in [0.3, 0.4) is 0 Å². The van der Waals surface area contributed by atoms with Crippen LogP contribution in [0, 0.1) is 5.92 Å². The van der Waals surface area contributed by atoms with Crippen molar-refractivity contribution in [3.8, 4) is 11.3 Å². The highest BCUT2D eigenvalue weighted by molar-refractivity contribution is 5.93. The van der Waals surface area contributed by atoms with E-state index in [1.54, 1.807) is 4.90 Å². The van der Waals surface area contributed by atoms with E-state index in [0.29, 0.717) is 19.8 Å². The van der Waals surface area contributed by atoms with Crippen molar-refractivity contribution in [2.75, 3.05) is 30.0 Å². The number of benzene rings is 2. The molecule has 1 aliphatic heterocycles. The van der Waals surface area contributed by atoms with Gasteiger partial charge in [0.05, 0.1) is 17.6 Å². The Morgan fingerprint density at radius 3 is 2.59 bits per heavy atom. The molecule has 1 fully saturated rings. The van der Waals surface area contributed by atoms with Crippen LogP contribution in [-0.4, -0.2) is 46.7 Å². The Bertz CT molecular complexity index is 1490. The maximum Gasteiger partial charge on any atom is 0.414 e. The van der Waals surface area contributed by atoms with Gasteiger partial charge in [0, 0.05) is 43.1 Å². The number of rotatable bonds is 8. The number of imidazole rings is 1. The molecule has 3 heterocycles. The molecule has 2 amide bonds. The van der Waals surface area contributed by atoms with E-state index in [1.165, 1.54) is 5.56 Å². The molecule has 8 heteroatoms. The number of pyridine rings is 1. The lowest BCUT2D eigenvalue weighted by molar-refractivity contribution is -0.122. The number of carbonyl (C=O) groups excluding carboxylic acids is 2. The van der Waals surface area contributed by atoms with Crippen molar-refractivity contribution in [2.24, 2.45) is 5.92 Å². The molecule has 41 heavy (non-hydrogen) atoms. The lowest BCUT2D eigenvalue weighted by Crippen LogP contribution is -2.37. The van der Waals surface area contributed by atoms with E-state index in [9.17, 15) is 9.59 Å². The zero-order valence-corrected chi connectivity index (χ0v) is 24.0. The first-order chi connectivity index (χ1) is 19.8. The fraction of sp³-hybridized carbons (Fsp3) is 0.364. The molecule has 8 nitrogen and oxygen atoms in total. The fourth-order valence-electron chi connectivity index (χ4n) is 5.03. The van der Waals surface area contributed by atoms with E-state index in [0.717, 1.165) is 54.0 Å². The van der Waals surface area contributed by atoms with Gasteiger partial charge in [0.25, 0.3) is 0 Å². The second kappa shape index (κ2) is 12.6. The number of fused-ring (bicyclic) bond motifs is 1. The fourth-order valence-corrected chi connectivity index (χ4v) is 5.03. The number of aryl methyl sites for hydroxylation is 1. The maximum atomic E-state index is 13.3. The minimum absolute atomic E-state index is 0.0226. The summed E-state index contributed by atoms with van der Waals surface area (Å²) < 4.78 is 13.2. The van der Waals surface area contributed by atoms with Gasteiger partial charge in [-0.2, -0.15) is 0 Å². The van der Waals surface area contributed by atoms with Gasteiger partial charge in [-0.05, 0) is 76.3 Å². The molecule has 0 bridgehead atoms. The number of hydrogen-bond acceptors (Lipinski definition) is 5. The predicted molar refractivity (Wildman–Crippen MR) is 161 cm³/mol. The Balaban J connectivity index is 1.40. The molecule has 0 radical (unpaired) electrons. The smallest absolute Gasteiger partial charge is 0.414 e. The summed E-state index contributed by atoms with van der Waals surface area (Å²) in [5.41, 5.74) is 4.60. The van der Waals surface area contributed by atoms with Gasteiger partial charge in [-0.1, -0.05) is 42.5 Å². The minimum Gasteiger partial charge on any atom is -0.443 e. The summed E-state index contributed by atoms with van der Waals surface area (Å²) >= 11 is 0. The van der Waals surface area contributed by atoms with Crippen molar-refractivity contribution >= 4 is 29.0 Å². The molecule has 1 aliphatic rings. The largest absolute Gasteiger partial charge is 0.443 e. The molecular weight excluding hydrogens is 516 g/mol. The van der Waals surface area contributed by atoms with E-state index in [2.05, 4.69) is 22.4 Å². The second-order valence-corrected chi connectivity index (χ2v) is 11.4. The van der Waals surface area contributed by atoms with Crippen molar-refractivity contribution in [1.29, 1.82) is 0 Å². The summed E-state index contributed by atoms with van der Waals surface area (Å²) in [4.78, 5) is 32.4. The van der Waals surface area contributed by atoms with Crippen LogP contribution < -0.4 is 10.2 Å². The molecule has 2 aromatic carbocycles. The van der Waals surface area contributed by atoms with Gasteiger partial charge >= 0.3 is 6.09 Å². The Kier molecular flexibility index (Phi) is 8.69. The van der Waals surface area contributed by atoms with Gasteiger partial charge in [-0.25, -0.2) is 9.78 Å². The Morgan fingerprint density at radius 2 is 1.83 bits per heavy atom. The average molecular weight is 555 g/mol. The molecule has 4 aromatic rings. The Hall–Kier alpha value is -4.17. The van der Waals surface area contributed by atoms with Crippen LogP contribution in [0.2, 0.25) is 0 Å². The van der Waals surface area contributed by atoms with Crippen molar-refractivity contribution in [3.63, 3.8) is 0 Å². The van der Waals surface area contributed by atoms with Crippen LogP contribution in [-0.2, 0) is 20.7 Å². The molecule has 0 aliphatic carbocycles. The molecule has 1 saturated heterocycles. The molecule has 0 atom stereocenters. The lowest BCUT2D eigenvalue weighted by Gasteiger charge is -2.27. The number of carbonyl (C=O) groups is 2. The summed E-state index contributed by atoms with van der Waals surface area (Å²) in [5, 5.41) is 3.07. The molecule has 1 N–H and O–H groups in total. The topological polar surface area (TPSA) is 85.2 Å². The zero-order chi connectivity index (χ0) is 28.8. The van der Waals surface area contributed by atoms with Crippen LogP contribution in [0.5, 0.6) is 0 Å². The molecular formula is C33H38N4O4. The second-order valence-electron chi connectivity index (χ2n) is 11.4. The number of amides is 2. The molecule has 0 spiro atoms. The lowest BCUT2D eigenvalue weighted by atomic mass is 9.99. The monoisotopic (exact) mass is 554 g/mol. The summed E-state index contributed by atoms with van der Waals surface area (Å²) in [6, 6.07) is 21.8. The number of ether oxygens (including phenoxy) is 2. The third-order valence-corrected chi connectivity index (χ3v) is 7.12. The van der Waals surface area contributed by atoms with Crippen LogP contribution >= 0.6 is 0 Å². The first-order valence-electron chi connectivity index (χ1n) is 14.3. The highest BCUT2D eigenvalue weighted by atomic mass is 16.6. The van der Waals surface area contributed by atoms with Gasteiger partial charge in [0.2, 0.25) is 5.91 Å². The minimum atomic E-state index is -0.617. The van der Waals surface area contributed by atoms with Gasteiger partial charge < -0.3 is 14.8 Å². The van der Waals surface area contributed by atoms with Crippen LogP contribution in [0.25, 0.3) is 16.9 Å². The van der Waals surface area contributed by atoms with Crippen LogP contribution in [0.1, 0.15) is 45.6 Å². The summed E-state index contributed by atoms with van der Waals surface area (Å²) in [5.74, 6) is -0.0131. The number of aromatic nitrogens is 2. The molecule has 2 aromatic heterocycles. The number of hydrogen-bond donors (Lipinski definition) is 1. The van der Waals surface area contributed by atoms with E-state index >= 15 is 0 Å². The number of anilines is 2. The van der Waals surface area contributed by atoms with E-state index in [4.69, 9.17) is 9.47 Å². The highest BCUT2D eigenvalue weighted by Crippen LogP contribution is 2.28. The maximum absolute atomic E-state index is 13.3. The van der Waals surface area contributed by atoms with Crippen LogP contribution in [0.4, 0.5) is 16.2 Å². The molecule has 214 valence electrons. The Labute approximate surface area is 241 Å². The molecule has 5 rings (SSSR count). The average Bonchev–Trinajstić information content (AvgIpc) is 3.39. The summed E-state index contributed by atoms with van der Waals surface area (Å²) in [6.45, 7) is 7.37. The SMILES string of the molecule is CC(C)(C)OC(=O)N(CCCc1ccccc1)c1ccc2ncc(-c3cccc(NC(=O)C4CCOCC4)c3)n2c1. The standard InChI is InChI=1S/C33H38N4O4/c1-33(2,3)41-32(39)36(18-8-11-24-9-5-4-6-10-24)28-14-15-30-34-22-29(37(30)23-28)26-12-7-13-27(21-26)35-31(38)25-16-19-40-20-17-25/h4-7,9-10,12-15,21-23,25H,8,11,16-20H2,1-3H3,(H,35,38). The van der Waals surface area contributed by atoms with Gasteiger partial charge in [0.15, 0.2) is 0 Å². The van der Waals surface area contributed by atoms with Gasteiger partial charge in [0.1, 0.15) is 11.2 Å². The molecule has 0 unspecified atom stereocenters. The van der Waals surface area contributed by atoms with Crippen molar-refractivity contribution in [3.05, 3.63) is 84.7 Å².